The van der Waals surface area contributed by atoms with E-state index in [4.69, 9.17) is 10.8 Å². The van der Waals surface area contributed by atoms with Crippen molar-refractivity contribution in [3.05, 3.63) is 29.8 Å². The molecule has 2 atom stereocenters. The van der Waals surface area contributed by atoms with Crippen LogP contribution in [0.1, 0.15) is 19.4 Å². The summed E-state index contributed by atoms with van der Waals surface area (Å²) in [4.78, 5) is 22.6. The molecule has 0 heterocycles. The SMILES string of the molecule is CC(=O)[C@@H](C)NC(=O)[C@@H]([NH])Cc1ccc(O)cc1. The third kappa shape index (κ3) is 4.18. The number of Topliss-reactive ketones (excluding diaryl/α,β-unsaturated/α-hetero) is 1. The van der Waals surface area contributed by atoms with Crippen molar-refractivity contribution < 1.29 is 14.7 Å². The molecule has 0 aromatic heterocycles. The maximum Gasteiger partial charge on any atom is 0.239 e. The first-order chi connectivity index (χ1) is 8.40. The average molecular weight is 249 g/mol. The number of phenolic OH excluding ortho intramolecular Hbond substituents is 1. The highest BCUT2D eigenvalue weighted by Gasteiger charge is 2.18. The Bertz CT molecular complexity index is 428. The molecule has 0 unspecified atom stereocenters. The predicted octanol–water partition coefficient (Wildman–Crippen LogP) is 0.680. The smallest absolute Gasteiger partial charge is 0.239 e. The van der Waals surface area contributed by atoms with Gasteiger partial charge in [-0.1, -0.05) is 12.1 Å². The van der Waals surface area contributed by atoms with Crippen LogP contribution in [0.4, 0.5) is 0 Å². The van der Waals surface area contributed by atoms with Crippen LogP contribution in [-0.2, 0) is 16.0 Å². The fourth-order valence-electron chi connectivity index (χ4n) is 1.38. The Morgan fingerprint density at radius 1 is 1.33 bits per heavy atom. The number of rotatable bonds is 5. The average Bonchev–Trinajstić information content (AvgIpc) is 2.31. The van der Waals surface area contributed by atoms with Gasteiger partial charge in [0.15, 0.2) is 5.78 Å². The normalized spacial score (nSPS) is 13.7. The number of nitrogens with one attached hydrogen (secondary N) is 2. The maximum absolute atomic E-state index is 11.6. The largest absolute Gasteiger partial charge is 0.508 e. The molecule has 5 nitrogen and oxygen atoms in total. The molecule has 0 bridgehead atoms. The molecule has 0 saturated carbocycles. The van der Waals surface area contributed by atoms with Crippen LogP contribution in [0.15, 0.2) is 24.3 Å². The lowest BCUT2D eigenvalue weighted by Gasteiger charge is -2.15. The molecule has 0 aliphatic rings. The van der Waals surface area contributed by atoms with Crippen molar-refractivity contribution in [3.63, 3.8) is 0 Å². The number of aromatic hydroxyl groups is 1. The molecule has 1 radical (unpaired) electrons. The highest BCUT2D eigenvalue weighted by atomic mass is 16.3. The zero-order chi connectivity index (χ0) is 13.7. The molecule has 5 heteroatoms. The van der Waals surface area contributed by atoms with Crippen LogP contribution in [0, 0.1) is 0 Å². The van der Waals surface area contributed by atoms with Crippen LogP contribution < -0.4 is 11.1 Å². The molecule has 0 aliphatic carbocycles. The molecule has 1 aromatic carbocycles. The Balaban J connectivity index is 2.54. The summed E-state index contributed by atoms with van der Waals surface area (Å²) < 4.78 is 0. The second kappa shape index (κ2) is 6.16. The van der Waals surface area contributed by atoms with E-state index in [1.807, 2.05) is 0 Å². The van der Waals surface area contributed by atoms with Gasteiger partial charge in [-0.25, -0.2) is 5.73 Å². The van der Waals surface area contributed by atoms with Gasteiger partial charge in [0.25, 0.3) is 0 Å². The quantitative estimate of drug-likeness (QED) is 0.804. The standard InChI is InChI=1S/C13H17N2O3/c1-8(9(2)16)15-13(18)12(14)7-10-3-5-11(17)6-4-10/h3-6,8,12,14,17H,7H2,1-2H3,(H,15,18)/t8-,12+/m1/s1. The van der Waals surface area contributed by atoms with E-state index >= 15 is 0 Å². The van der Waals surface area contributed by atoms with Crippen molar-refractivity contribution in [1.29, 1.82) is 0 Å². The lowest BCUT2D eigenvalue weighted by molar-refractivity contribution is -0.127. The van der Waals surface area contributed by atoms with Crippen molar-refractivity contribution >= 4 is 11.7 Å². The van der Waals surface area contributed by atoms with Crippen LogP contribution in [0.2, 0.25) is 0 Å². The Kier molecular flexibility index (Phi) is 4.85. The van der Waals surface area contributed by atoms with E-state index in [-0.39, 0.29) is 18.0 Å². The number of carbonyl (C=O) groups is 2. The van der Waals surface area contributed by atoms with Gasteiger partial charge in [-0.3, -0.25) is 9.59 Å². The molecule has 0 fully saturated rings. The number of amides is 1. The second-order valence-electron chi connectivity index (χ2n) is 4.26. The van der Waals surface area contributed by atoms with Crippen molar-refractivity contribution in [2.45, 2.75) is 32.4 Å². The van der Waals surface area contributed by atoms with Crippen LogP contribution in [0.3, 0.4) is 0 Å². The van der Waals surface area contributed by atoms with Gasteiger partial charge in [0.2, 0.25) is 5.91 Å². The maximum atomic E-state index is 11.6. The van der Waals surface area contributed by atoms with Gasteiger partial charge >= 0.3 is 0 Å². The molecule has 1 amide bonds. The minimum absolute atomic E-state index is 0.139. The van der Waals surface area contributed by atoms with E-state index in [2.05, 4.69) is 5.32 Å². The minimum atomic E-state index is -0.962. The Morgan fingerprint density at radius 2 is 1.89 bits per heavy atom. The molecule has 97 valence electrons. The van der Waals surface area contributed by atoms with E-state index in [1.165, 1.54) is 19.1 Å². The Hall–Kier alpha value is -1.88. The van der Waals surface area contributed by atoms with Gasteiger partial charge < -0.3 is 10.4 Å². The van der Waals surface area contributed by atoms with Gasteiger partial charge in [-0.2, -0.15) is 0 Å². The predicted molar refractivity (Wildman–Crippen MR) is 67.0 cm³/mol. The molecule has 1 rings (SSSR count). The summed E-state index contributed by atoms with van der Waals surface area (Å²) in [7, 11) is 0. The number of hydrogen-bond acceptors (Lipinski definition) is 3. The fraction of sp³-hybridized carbons (Fsp3) is 0.385. The van der Waals surface area contributed by atoms with E-state index < -0.39 is 18.0 Å². The summed E-state index contributed by atoms with van der Waals surface area (Å²) in [5, 5.41) is 11.6. The first-order valence-electron chi connectivity index (χ1n) is 5.70. The van der Waals surface area contributed by atoms with Gasteiger partial charge in [-0.05, 0) is 38.0 Å². The molecular weight excluding hydrogens is 232 g/mol. The molecule has 18 heavy (non-hydrogen) atoms. The summed E-state index contributed by atoms with van der Waals surface area (Å²) >= 11 is 0. The molecule has 1 aromatic rings. The van der Waals surface area contributed by atoms with Crippen molar-refractivity contribution in [2.24, 2.45) is 0 Å². The molecule has 0 spiro atoms. The van der Waals surface area contributed by atoms with Gasteiger partial charge in [0.1, 0.15) is 11.8 Å². The molecule has 3 N–H and O–H groups in total. The first kappa shape index (κ1) is 14.2. The van der Waals surface area contributed by atoms with Crippen LogP contribution in [0.25, 0.3) is 0 Å². The third-order valence-corrected chi connectivity index (χ3v) is 2.66. The summed E-state index contributed by atoms with van der Waals surface area (Å²) in [6.45, 7) is 2.98. The van der Waals surface area contributed by atoms with Crippen molar-refractivity contribution in [3.8, 4) is 5.75 Å². The third-order valence-electron chi connectivity index (χ3n) is 2.66. The van der Waals surface area contributed by atoms with E-state index in [0.717, 1.165) is 5.56 Å². The Morgan fingerprint density at radius 3 is 2.39 bits per heavy atom. The zero-order valence-corrected chi connectivity index (χ0v) is 10.4. The highest BCUT2D eigenvalue weighted by Crippen LogP contribution is 2.11. The molecule has 0 saturated heterocycles. The lowest BCUT2D eigenvalue weighted by Crippen LogP contribution is -2.44. The van der Waals surface area contributed by atoms with Crippen LogP contribution in [0.5, 0.6) is 5.75 Å². The van der Waals surface area contributed by atoms with E-state index in [1.54, 1.807) is 19.1 Å². The monoisotopic (exact) mass is 249 g/mol. The van der Waals surface area contributed by atoms with E-state index in [0.29, 0.717) is 0 Å². The van der Waals surface area contributed by atoms with Crippen LogP contribution >= 0.6 is 0 Å². The fourth-order valence-corrected chi connectivity index (χ4v) is 1.38. The van der Waals surface area contributed by atoms with E-state index in [9.17, 15) is 9.59 Å². The molecule has 0 aliphatic heterocycles. The number of carbonyl (C=O) groups excluding carboxylic acids is 2. The number of hydrogen-bond donors (Lipinski definition) is 2. The summed E-state index contributed by atoms with van der Waals surface area (Å²) in [5.41, 5.74) is 8.51. The summed E-state index contributed by atoms with van der Waals surface area (Å²) in [5.74, 6) is -0.458. The van der Waals surface area contributed by atoms with Gasteiger partial charge in [0.05, 0.1) is 6.04 Å². The number of phenols is 1. The summed E-state index contributed by atoms with van der Waals surface area (Å²) in [6.07, 6.45) is 0.247. The lowest BCUT2D eigenvalue weighted by atomic mass is 10.1. The van der Waals surface area contributed by atoms with Gasteiger partial charge in [-0.15, -0.1) is 0 Å². The van der Waals surface area contributed by atoms with Gasteiger partial charge in [0, 0.05) is 0 Å². The highest BCUT2D eigenvalue weighted by molar-refractivity contribution is 5.89. The first-order valence-corrected chi connectivity index (χ1v) is 5.70. The minimum Gasteiger partial charge on any atom is -0.508 e. The number of ketones is 1. The summed E-state index contributed by atoms with van der Waals surface area (Å²) in [6, 6.07) is 4.83. The van der Waals surface area contributed by atoms with Crippen LogP contribution in [-0.4, -0.2) is 28.9 Å². The Labute approximate surface area is 106 Å². The topological polar surface area (TPSA) is 90.2 Å². The van der Waals surface area contributed by atoms with Crippen molar-refractivity contribution in [1.82, 2.24) is 11.1 Å². The zero-order valence-electron chi connectivity index (χ0n) is 10.4. The number of benzene rings is 1. The van der Waals surface area contributed by atoms with Crippen molar-refractivity contribution in [2.75, 3.05) is 0 Å². The molecular formula is C13H17N2O3. The second-order valence-corrected chi connectivity index (χ2v) is 4.26.